The van der Waals surface area contributed by atoms with Crippen LogP contribution in [0.2, 0.25) is 0 Å². The minimum atomic E-state index is -0.398. The largest absolute Gasteiger partial charge is 0.389 e. The molecule has 0 aliphatic carbocycles. The summed E-state index contributed by atoms with van der Waals surface area (Å²) in [5.41, 5.74) is 7.59. The van der Waals surface area contributed by atoms with E-state index in [2.05, 4.69) is 10.7 Å². The van der Waals surface area contributed by atoms with Gasteiger partial charge in [0.15, 0.2) is 0 Å². The van der Waals surface area contributed by atoms with Gasteiger partial charge in [0.05, 0.1) is 0 Å². The standard InChI is InChI=1S/C13H13FN2S2/c1-8(9-4-5-18-7-9)16-10-2-3-11(13(15)17)12(14)6-10/h2-8,16H,1H3,(H2,15,17). The Kier molecular flexibility index (Phi) is 3.93. The summed E-state index contributed by atoms with van der Waals surface area (Å²) in [4.78, 5) is 0.0740. The van der Waals surface area contributed by atoms with Crippen molar-refractivity contribution in [2.75, 3.05) is 5.32 Å². The highest BCUT2D eigenvalue weighted by atomic mass is 32.1. The number of rotatable bonds is 4. The average Bonchev–Trinajstić information content (AvgIpc) is 2.81. The van der Waals surface area contributed by atoms with E-state index in [-0.39, 0.29) is 16.6 Å². The molecule has 1 heterocycles. The lowest BCUT2D eigenvalue weighted by Crippen LogP contribution is -2.12. The number of hydrogen-bond donors (Lipinski definition) is 2. The second-order valence-corrected chi connectivity index (χ2v) is 5.20. The number of nitrogens with one attached hydrogen (secondary N) is 1. The molecule has 2 aromatic rings. The Balaban J connectivity index is 2.15. The van der Waals surface area contributed by atoms with Gasteiger partial charge in [-0.05, 0) is 47.5 Å². The fourth-order valence-corrected chi connectivity index (χ4v) is 2.58. The molecule has 0 radical (unpaired) electrons. The minimum Gasteiger partial charge on any atom is -0.389 e. The van der Waals surface area contributed by atoms with Crippen LogP contribution in [-0.4, -0.2) is 4.99 Å². The predicted octanol–water partition coefficient (Wildman–Crippen LogP) is 3.69. The highest BCUT2D eigenvalue weighted by molar-refractivity contribution is 7.80. The van der Waals surface area contributed by atoms with Crippen molar-refractivity contribution in [1.29, 1.82) is 0 Å². The second-order valence-electron chi connectivity index (χ2n) is 3.98. The zero-order valence-electron chi connectivity index (χ0n) is 9.81. The van der Waals surface area contributed by atoms with Gasteiger partial charge >= 0.3 is 0 Å². The molecule has 0 saturated carbocycles. The monoisotopic (exact) mass is 280 g/mol. The normalized spacial score (nSPS) is 12.1. The van der Waals surface area contributed by atoms with E-state index in [9.17, 15) is 4.39 Å². The number of thiophene rings is 1. The lowest BCUT2D eigenvalue weighted by Gasteiger charge is -2.14. The fourth-order valence-electron chi connectivity index (χ4n) is 1.66. The highest BCUT2D eigenvalue weighted by Gasteiger charge is 2.09. The van der Waals surface area contributed by atoms with Gasteiger partial charge in [-0.25, -0.2) is 4.39 Å². The third-order valence-corrected chi connectivity index (χ3v) is 3.58. The maximum atomic E-state index is 13.7. The molecule has 0 bridgehead atoms. The Bertz CT molecular complexity index is 552. The number of benzene rings is 1. The van der Waals surface area contributed by atoms with Crippen LogP contribution in [0, 0.1) is 5.82 Å². The molecule has 18 heavy (non-hydrogen) atoms. The SMILES string of the molecule is CC(Nc1ccc(C(N)=S)c(F)c1)c1ccsc1. The molecule has 2 nitrogen and oxygen atoms in total. The van der Waals surface area contributed by atoms with E-state index in [1.807, 2.05) is 18.4 Å². The van der Waals surface area contributed by atoms with Crippen molar-refractivity contribution in [2.45, 2.75) is 13.0 Å². The summed E-state index contributed by atoms with van der Waals surface area (Å²) in [5.74, 6) is -0.398. The molecule has 1 aromatic carbocycles. The Morgan fingerprint density at radius 1 is 1.44 bits per heavy atom. The van der Waals surface area contributed by atoms with Crippen LogP contribution >= 0.6 is 23.6 Å². The van der Waals surface area contributed by atoms with Gasteiger partial charge in [-0.1, -0.05) is 12.2 Å². The Labute approximate surface area is 115 Å². The van der Waals surface area contributed by atoms with Crippen LogP contribution in [0.25, 0.3) is 0 Å². The quantitative estimate of drug-likeness (QED) is 0.839. The summed E-state index contributed by atoms with van der Waals surface area (Å²) >= 11 is 6.40. The fraction of sp³-hybridized carbons (Fsp3) is 0.154. The maximum absolute atomic E-state index is 13.7. The van der Waals surface area contributed by atoms with E-state index in [1.165, 1.54) is 11.6 Å². The molecule has 2 rings (SSSR count). The van der Waals surface area contributed by atoms with Crippen LogP contribution in [0.4, 0.5) is 10.1 Å². The maximum Gasteiger partial charge on any atom is 0.135 e. The first-order valence-electron chi connectivity index (χ1n) is 5.46. The summed E-state index contributed by atoms with van der Waals surface area (Å²) in [7, 11) is 0. The smallest absolute Gasteiger partial charge is 0.135 e. The second kappa shape index (κ2) is 5.46. The van der Waals surface area contributed by atoms with Crippen LogP contribution in [0.3, 0.4) is 0 Å². The molecule has 0 fully saturated rings. The van der Waals surface area contributed by atoms with Crippen molar-refractivity contribution in [3.63, 3.8) is 0 Å². The minimum absolute atomic E-state index is 0.0740. The van der Waals surface area contributed by atoms with E-state index in [0.29, 0.717) is 5.69 Å². The Morgan fingerprint density at radius 3 is 2.78 bits per heavy atom. The van der Waals surface area contributed by atoms with Gasteiger partial charge in [0.2, 0.25) is 0 Å². The molecule has 94 valence electrons. The van der Waals surface area contributed by atoms with E-state index < -0.39 is 5.82 Å². The van der Waals surface area contributed by atoms with Gasteiger partial charge in [-0.3, -0.25) is 0 Å². The molecule has 0 aliphatic heterocycles. The van der Waals surface area contributed by atoms with E-state index in [0.717, 1.165) is 0 Å². The number of halogens is 1. The molecule has 1 atom stereocenters. The molecular weight excluding hydrogens is 267 g/mol. The number of hydrogen-bond acceptors (Lipinski definition) is 3. The van der Waals surface area contributed by atoms with Crippen LogP contribution in [0.5, 0.6) is 0 Å². The van der Waals surface area contributed by atoms with Gasteiger partial charge in [0, 0.05) is 17.3 Å². The molecule has 5 heteroatoms. The average molecular weight is 280 g/mol. The third-order valence-electron chi connectivity index (χ3n) is 2.66. The summed E-state index contributed by atoms with van der Waals surface area (Å²) in [6, 6.07) is 6.96. The highest BCUT2D eigenvalue weighted by Crippen LogP contribution is 2.22. The van der Waals surface area contributed by atoms with Crippen molar-refractivity contribution in [3.05, 3.63) is 52.0 Å². The first kappa shape index (κ1) is 13.0. The lowest BCUT2D eigenvalue weighted by atomic mass is 10.1. The molecule has 0 amide bonds. The van der Waals surface area contributed by atoms with Crippen LogP contribution in [0.15, 0.2) is 35.0 Å². The topological polar surface area (TPSA) is 38.0 Å². The van der Waals surface area contributed by atoms with Gasteiger partial charge in [-0.2, -0.15) is 11.3 Å². The molecule has 0 aliphatic rings. The van der Waals surface area contributed by atoms with Crippen LogP contribution in [-0.2, 0) is 0 Å². The van der Waals surface area contributed by atoms with Crippen molar-refractivity contribution in [1.82, 2.24) is 0 Å². The van der Waals surface area contributed by atoms with Crippen molar-refractivity contribution >= 4 is 34.2 Å². The van der Waals surface area contributed by atoms with Gasteiger partial charge in [-0.15, -0.1) is 0 Å². The van der Waals surface area contributed by atoms with E-state index >= 15 is 0 Å². The Hall–Kier alpha value is -1.46. The zero-order chi connectivity index (χ0) is 13.1. The summed E-state index contributed by atoms with van der Waals surface area (Å²) in [6.45, 7) is 2.03. The number of thiocarbonyl (C=S) groups is 1. The summed E-state index contributed by atoms with van der Waals surface area (Å²) in [6.07, 6.45) is 0. The number of anilines is 1. The predicted molar refractivity (Wildman–Crippen MR) is 78.6 cm³/mol. The van der Waals surface area contributed by atoms with Gasteiger partial charge < -0.3 is 11.1 Å². The summed E-state index contributed by atoms with van der Waals surface area (Å²) < 4.78 is 13.7. The molecule has 0 spiro atoms. The lowest BCUT2D eigenvalue weighted by molar-refractivity contribution is 0.625. The van der Waals surface area contributed by atoms with Crippen molar-refractivity contribution in [3.8, 4) is 0 Å². The van der Waals surface area contributed by atoms with Crippen LogP contribution < -0.4 is 11.1 Å². The van der Waals surface area contributed by atoms with Crippen molar-refractivity contribution < 1.29 is 4.39 Å². The number of nitrogens with two attached hydrogens (primary N) is 1. The molecular formula is C13H13FN2S2. The zero-order valence-corrected chi connectivity index (χ0v) is 11.4. The first-order valence-corrected chi connectivity index (χ1v) is 6.81. The van der Waals surface area contributed by atoms with Gasteiger partial charge in [0.1, 0.15) is 10.8 Å². The molecule has 1 aromatic heterocycles. The first-order chi connectivity index (χ1) is 8.58. The van der Waals surface area contributed by atoms with Gasteiger partial charge in [0.25, 0.3) is 0 Å². The summed E-state index contributed by atoms with van der Waals surface area (Å²) in [5, 5.41) is 7.32. The van der Waals surface area contributed by atoms with Crippen LogP contribution in [0.1, 0.15) is 24.1 Å². The van der Waals surface area contributed by atoms with E-state index in [4.69, 9.17) is 18.0 Å². The Morgan fingerprint density at radius 2 is 2.22 bits per heavy atom. The van der Waals surface area contributed by atoms with E-state index in [1.54, 1.807) is 23.5 Å². The molecule has 0 saturated heterocycles. The van der Waals surface area contributed by atoms with Crippen molar-refractivity contribution in [2.24, 2.45) is 5.73 Å². The third kappa shape index (κ3) is 2.86. The molecule has 1 unspecified atom stereocenters. The molecule has 3 N–H and O–H groups in total.